The fourth-order valence-electron chi connectivity index (χ4n) is 1.52. The first-order valence-electron chi connectivity index (χ1n) is 5.96. The normalized spacial score (nSPS) is 11.3. The molecule has 1 atom stereocenters. The van der Waals surface area contributed by atoms with E-state index in [4.69, 9.17) is 14.6 Å². The van der Waals surface area contributed by atoms with Gasteiger partial charge in [0.1, 0.15) is 6.61 Å². The van der Waals surface area contributed by atoms with Crippen molar-refractivity contribution in [3.8, 4) is 11.5 Å². The van der Waals surface area contributed by atoms with E-state index < -0.39 is 0 Å². The van der Waals surface area contributed by atoms with E-state index >= 15 is 0 Å². The van der Waals surface area contributed by atoms with Crippen LogP contribution in [0.5, 0.6) is 11.5 Å². The third-order valence-corrected chi connectivity index (χ3v) is 2.35. The second kappa shape index (κ2) is 9.67. The molecule has 0 aliphatic rings. The van der Waals surface area contributed by atoms with Crippen LogP contribution in [-0.2, 0) is 6.54 Å². The van der Waals surface area contributed by atoms with Crippen molar-refractivity contribution in [1.82, 2.24) is 5.32 Å². The Balaban J connectivity index is 0.00000324. The van der Waals surface area contributed by atoms with Crippen LogP contribution in [-0.4, -0.2) is 31.5 Å². The molecular weight excluding hydrogens is 266 g/mol. The van der Waals surface area contributed by atoms with Crippen molar-refractivity contribution in [3.05, 3.63) is 36.4 Å². The highest BCUT2D eigenvalue weighted by molar-refractivity contribution is 5.85. The summed E-state index contributed by atoms with van der Waals surface area (Å²) >= 11 is 0. The molecule has 0 heterocycles. The Hall–Kier alpha value is -1.23. The Morgan fingerprint density at radius 1 is 1.42 bits per heavy atom. The molecule has 1 aromatic carbocycles. The van der Waals surface area contributed by atoms with Gasteiger partial charge < -0.3 is 19.9 Å². The van der Waals surface area contributed by atoms with Gasteiger partial charge in [-0.05, 0) is 24.6 Å². The average Bonchev–Trinajstić information content (AvgIpc) is 2.36. The summed E-state index contributed by atoms with van der Waals surface area (Å²) in [6, 6.07) is 5.77. The minimum Gasteiger partial charge on any atom is -0.493 e. The van der Waals surface area contributed by atoms with Crippen LogP contribution < -0.4 is 14.8 Å². The van der Waals surface area contributed by atoms with Crippen molar-refractivity contribution in [2.24, 2.45) is 0 Å². The van der Waals surface area contributed by atoms with Gasteiger partial charge in [0.15, 0.2) is 11.5 Å². The summed E-state index contributed by atoms with van der Waals surface area (Å²) in [5.41, 5.74) is 1.08. The number of benzene rings is 1. The van der Waals surface area contributed by atoms with Crippen molar-refractivity contribution >= 4 is 12.4 Å². The van der Waals surface area contributed by atoms with E-state index in [1.54, 1.807) is 20.1 Å². The van der Waals surface area contributed by atoms with E-state index in [0.29, 0.717) is 31.2 Å². The molecule has 5 heteroatoms. The van der Waals surface area contributed by atoms with Crippen LogP contribution in [0.1, 0.15) is 12.5 Å². The van der Waals surface area contributed by atoms with Gasteiger partial charge in [0.25, 0.3) is 0 Å². The third-order valence-electron chi connectivity index (χ3n) is 2.35. The maximum Gasteiger partial charge on any atom is 0.161 e. The molecule has 1 rings (SSSR count). The van der Waals surface area contributed by atoms with Crippen LogP contribution in [0.4, 0.5) is 0 Å². The molecule has 0 saturated heterocycles. The van der Waals surface area contributed by atoms with Gasteiger partial charge in [-0.3, -0.25) is 0 Å². The van der Waals surface area contributed by atoms with E-state index in [1.807, 2.05) is 18.2 Å². The number of halogens is 1. The van der Waals surface area contributed by atoms with Crippen LogP contribution in [0, 0.1) is 0 Å². The van der Waals surface area contributed by atoms with Gasteiger partial charge in [0, 0.05) is 13.1 Å². The molecule has 0 bridgehead atoms. The molecule has 19 heavy (non-hydrogen) atoms. The van der Waals surface area contributed by atoms with Gasteiger partial charge in [-0.15, -0.1) is 12.4 Å². The monoisotopic (exact) mass is 287 g/mol. The standard InChI is InChI=1S/C14H21NO3.ClH/c1-4-7-18-13-6-5-12(8-14(13)17-3)10-15-9-11(2)16;/h4-6,8,11,15-16H,1,7,9-10H2,2-3H3;1H. The zero-order valence-electron chi connectivity index (χ0n) is 11.4. The van der Waals surface area contributed by atoms with Crippen LogP contribution in [0.3, 0.4) is 0 Å². The molecule has 0 spiro atoms. The zero-order valence-corrected chi connectivity index (χ0v) is 12.2. The highest BCUT2D eigenvalue weighted by atomic mass is 35.5. The second-order valence-electron chi connectivity index (χ2n) is 4.06. The molecule has 1 aromatic rings. The summed E-state index contributed by atoms with van der Waals surface area (Å²) in [7, 11) is 1.61. The number of ether oxygens (including phenoxy) is 2. The number of nitrogens with one attached hydrogen (secondary N) is 1. The number of hydrogen-bond acceptors (Lipinski definition) is 4. The smallest absolute Gasteiger partial charge is 0.161 e. The molecule has 0 radical (unpaired) electrons. The summed E-state index contributed by atoms with van der Waals surface area (Å²) in [5, 5.41) is 12.3. The van der Waals surface area contributed by atoms with E-state index in [-0.39, 0.29) is 18.5 Å². The molecule has 0 amide bonds. The van der Waals surface area contributed by atoms with Crippen molar-refractivity contribution < 1.29 is 14.6 Å². The van der Waals surface area contributed by atoms with Gasteiger partial charge >= 0.3 is 0 Å². The quantitative estimate of drug-likeness (QED) is 0.720. The fourth-order valence-corrected chi connectivity index (χ4v) is 1.52. The number of aliphatic hydroxyl groups is 1. The third kappa shape index (κ3) is 6.47. The molecule has 0 aromatic heterocycles. The lowest BCUT2D eigenvalue weighted by atomic mass is 10.2. The summed E-state index contributed by atoms with van der Waals surface area (Å²) in [4.78, 5) is 0. The minimum atomic E-state index is -0.345. The number of methoxy groups -OCH3 is 1. The Labute approximate surface area is 120 Å². The summed E-state index contributed by atoms with van der Waals surface area (Å²) < 4.78 is 10.7. The Morgan fingerprint density at radius 3 is 2.74 bits per heavy atom. The zero-order chi connectivity index (χ0) is 13.4. The lowest BCUT2D eigenvalue weighted by Gasteiger charge is -2.12. The van der Waals surface area contributed by atoms with E-state index in [9.17, 15) is 0 Å². The maximum atomic E-state index is 9.16. The van der Waals surface area contributed by atoms with Crippen LogP contribution >= 0.6 is 12.4 Å². The van der Waals surface area contributed by atoms with Crippen LogP contribution in [0.2, 0.25) is 0 Å². The van der Waals surface area contributed by atoms with Crippen molar-refractivity contribution in [2.75, 3.05) is 20.3 Å². The SMILES string of the molecule is C=CCOc1ccc(CNCC(C)O)cc1OC.Cl. The second-order valence-corrected chi connectivity index (χ2v) is 4.06. The Bertz CT molecular complexity index is 383. The number of rotatable bonds is 8. The first kappa shape index (κ1) is 17.8. The number of aliphatic hydroxyl groups excluding tert-OH is 1. The predicted molar refractivity (Wildman–Crippen MR) is 79.3 cm³/mol. The average molecular weight is 288 g/mol. The van der Waals surface area contributed by atoms with Crippen LogP contribution in [0.25, 0.3) is 0 Å². The highest BCUT2D eigenvalue weighted by Gasteiger charge is 2.05. The minimum absolute atomic E-state index is 0. The molecule has 0 aliphatic heterocycles. The van der Waals surface area contributed by atoms with Gasteiger partial charge in [-0.25, -0.2) is 0 Å². The lowest BCUT2D eigenvalue weighted by Crippen LogP contribution is -2.23. The first-order chi connectivity index (χ1) is 8.67. The highest BCUT2D eigenvalue weighted by Crippen LogP contribution is 2.27. The predicted octanol–water partition coefficient (Wildman–Crippen LogP) is 2.15. The van der Waals surface area contributed by atoms with E-state index in [0.717, 1.165) is 5.56 Å². The Kier molecular flexibility index (Phi) is 9.04. The fraction of sp³-hybridized carbons (Fsp3) is 0.429. The molecule has 0 saturated carbocycles. The lowest BCUT2D eigenvalue weighted by molar-refractivity contribution is 0.191. The van der Waals surface area contributed by atoms with E-state index in [2.05, 4.69) is 11.9 Å². The van der Waals surface area contributed by atoms with Gasteiger partial charge in [-0.1, -0.05) is 18.7 Å². The van der Waals surface area contributed by atoms with E-state index in [1.165, 1.54) is 0 Å². The molecule has 0 fully saturated rings. The van der Waals surface area contributed by atoms with Crippen LogP contribution in [0.15, 0.2) is 30.9 Å². The molecule has 2 N–H and O–H groups in total. The molecule has 4 nitrogen and oxygen atoms in total. The molecule has 1 unspecified atom stereocenters. The summed E-state index contributed by atoms with van der Waals surface area (Å²) in [5.74, 6) is 1.41. The van der Waals surface area contributed by atoms with Crippen molar-refractivity contribution in [1.29, 1.82) is 0 Å². The first-order valence-corrected chi connectivity index (χ1v) is 5.96. The van der Waals surface area contributed by atoms with Crippen molar-refractivity contribution in [2.45, 2.75) is 19.6 Å². The largest absolute Gasteiger partial charge is 0.493 e. The Morgan fingerprint density at radius 2 is 2.16 bits per heavy atom. The topological polar surface area (TPSA) is 50.7 Å². The number of hydrogen-bond donors (Lipinski definition) is 2. The molecule has 108 valence electrons. The maximum absolute atomic E-state index is 9.16. The van der Waals surface area contributed by atoms with Gasteiger partial charge in [-0.2, -0.15) is 0 Å². The van der Waals surface area contributed by atoms with Gasteiger partial charge in [0.05, 0.1) is 13.2 Å². The summed E-state index contributed by atoms with van der Waals surface area (Å²) in [6.45, 7) is 7.06. The van der Waals surface area contributed by atoms with Gasteiger partial charge in [0.2, 0.25) is 0 Å². The summed E-state index contributed by atoms with van der Waals surface area (Å²) in [6.07, 6.45) is 1.35. The van der Waals surface area contributed by atoms with Crippen molar-refractivity contribution in [3.63, 3.8) is 0 Å². The molecular formula is C14H22ClNO3. The molecule has 0 aliphatic carbocycles.